The number of benzene rings is 1. The number of carbonyl (C=O) groups is 1. The molecule has 0 aliphatic heterocycles. The van der Waals surface area contributed by atoms with Gasteiger partial charge in [0.25, 0.3) is 0 Å². The number of aromatic nitrogens is 1. The van der Waals surface area contributed by atoms with Gasteiger partial charge in [-0.15, -0.1) is 0 Å². The minimum absolute atomic E-state index is 0.0913. The lowest BCUT2D eigenvalue weighted by Gasteiger charge is -2.07. The molecule has 1 aromatic heterocycles. The monoisotopic (exact) mass is 257 g/mol. The highest BCUT2D eigenvalue weighted by atomic mass is 16.1. The lowest BCUT2D eigenvalue weighted by molar-refractivity contribution is -0.120. The van der Waals surface area contributed by atoms with Crippen molar-refractivity contribution in [2.24, 2.45) is 0 Å². The fourth-order valence-corrected chi connectivity index (χ4v) is 2.03. The van der Waals surface area contributed by atoms with Gasteiger partial charge in [-0.25, -0.2) is 0 Å². The van der Waals surface area contributed by atoms with Crippen molar-refractivity contribution in [3.63, 3.8) is 0 Å². The van der Waals surface area contributed by atoms with Crippen molar-refractivity contribution < 1.29 is 4.79 Å². The summed E-state index contributed by atoms with van der Waals surface area (Å²) in [4.78, 5) is 15.5. The maximum atomic E-state index is 11.1. The van der Waals surface area contributed by atoms with Crippen LogP contribution in [0.5, 0.6) is 0 Å². The zero-order chi connectivity index (χ0) is 13.5. The Balaban J connectivity index is 1.86. The summed E-state index contributed by atoms with van der Waals surface area (Å²) in [6, 6.07) is 10.2. The summed E-state index contributed by atoms with van der Waals surface area (Å²) >= 11 is 0. The Morgan fingerprint density at radius 1 is 1.26 bits per heavy atom. The molecule has 0 unspecified atom stereocenters. The van der Waals surface area contributed by atoms with E-state index in [1.54, 1.807) is 7.05 Å². The highest BCUT2D eigenvalue weighted by molar-refractivity contribution is 5.81. The molecule has 0 spiro atoms. The van der Waals surface area contributed by atoms with E-state index in [0.717, 1.165) is 30.4 Å². The van der Waals surface area contributed by atoms with Crippen LogP contribution in [0.15, 0.2) is 36.5 Å². The van der Waals surface area contributed by atoms with Crippen molar-refractivity contribution >= 4 is 16.8 Å². The van der Waals surface area contributed by atoms with Gasteiger partial charge in [0.05, 0.1) is 5.52 Å². The van der Waals surface area contributed by atoms with Gasteiger partial charge in [0.1, 0.15) is 0 Å². The van der Waals surface area contributed by atoms with Crippen molar-refractivity contribution in [1.82, 2.24) is 15.6 Å². The molecule has 4 nitrogen and oxygen atoms in total. The molecule has 0 aliphatic rings. The number of hydrogen-bond donors (Lipinski definition) is 2. The molecule has 2 rings (SSSR count). The molecular formula is C15H19N3O. The molecule has 100 valence electrons. The van der Waals surface area contributed by atoms with Crippen LogP contribution < -0.4 is 10.6 Å². The Morgan fingerprint density at radius 3 is 2.95 bits per heavy atom. The predicted molar refractivity (Wildman–Crippen MR) is 76.8 cm³/mol. The fraction of sp³-hybridized carbons (Fsp3) is 0.333. The quantitative estimate of drug-likeness (QED) is 0.777. The molecular weight excluding hydrogens is 238 g/mol. The summed E-state index contributed by atoms with van der Waals surface area (Å²) in [6.07, 6.45) is 3.23. The molecule has 0 atom stereocenters. The average Bonchev–Trinajstić information content (AvgIpc) is 2.46. The van der Waals surface area contributed by atoms with Gasteiger partial charge >= 0.3 is 0 Å². The standard InChI is InChI=1S/C15H19N3O/c1-16-14(19)8-4-9-17-11-13-6-2-5-12-7-3-10-18-15(12)13/h2-3,5-7,10,17H,4,8-9,11H2,1H3,(H,16,19). The first-order valence-electron chi connectivity index (χ1n) is 6.55. The summed E-state index contributed by atoms with van der Waals surface area (Å²) in [5.74, 6) is 0.0913. The number of hydrogen-bond acceptors (Lipinski definition) is 3. The maximum absolute atomic E-state index is 11.1. The number of nitrogens with one attached hydrogen (secondary N) is 2. The Hall–Kier alpha value is -1.94. The van der Waals surface area contributed by atoms with Crippen LogP contribution in [0.4, 0.5) is 0 Å². The molecule has 0 aliphatic carbocycles. The van der Waals surface area contributed by atoms with Crippen molar-refractivity contribution in [2.75, 3.05) is 13.6 Å². The van der Waals surface area contributed by atoms with Crippen molar-refractivity contribution in [2.45, 2.75) is 19.4 Å². The van der Waals surface area contributed by atoms with E-state index >= 15 is 0 Å². The normalized spacial score (nSPS) is 10.6. The number of amides is 1. The largest absolute Gasteiger partial charge is 0.359 e. The third kappa shape index (κ3) is 3.76. The minimum Gasteiger partial charge on any atom is -0.359 e. The molecule has 2 aromatic rings. The van der Waals surface area contributed by atoms with Crippen LogP contribution in [0, 0.1) is 0 Å². The molecule has 0 bridgehead atoms. The van der Waals surface area contributed by atoms with Crippen molar-refractivity contribution in [1.29, 1.82) is 0 Å². The third-order valence-electron chi connectivity index (χ3n) is 3.07. The van der Waals surface area contributed by atoms with E-state index < -0.39 is 0 Å². The smallest absolute Gasteiger partial charge is 0.219 e. The molecule has 0 saturated carbocycles. The summed E-state index contributed by atoms with van der Waals surface area (Å²) in [5, 5.41) is 7.13. The van der Waals surface area contributed by atoms with Crippen molar-refractivity contribution in [3.8, 4) is 0 Å². The first-order valence-corrected chi connectivity index (χ1v) is 6.55. The number of fused-ring (bicyclic) bond motifs is 1. The third-order valence-corrected chi connectivity index (χ3v) is 3.07. The van der Waals surface area contributed by atoms with Gasteiger partial charge in [-0.3, -0.25) is 9.78 Å². The van der Waals surface area contributed by atoms with Crippen LogP contribution in [0.1, 0.15) is 18.4 Å². The Bertz CT molecular complexity index is 549. The molecule has 0 radical (unpaired) electrons. The summed E-state index contributed by atoms with van der Waals surface area (Å²) in [5.41, 5.74) is 2.24. The van der Waals surface area contributed by atoms with Crippen LogP contribution in [-0.2, 0) is 11.3 Å². The van der Waals surface area contributed by atoms with Gasteiger partial charge in [0.2, 0.25) is 5.91 Å². The number of rotatable bonds is 6. The second-order valence-corrected chi connectivity index (χ2v) is 4.45. The van der Waals surface area contributed by atoms with Gasteiger partial charge in [-0.05, 0) is 24.6 Å². The van der Waals surface area contributed by atoms with E-state index in [9.17, 15) is 4.79 Å². The predicted octanol–water partition coefficient (Wildman–Crippen LogP) is 1.85. The van der Waals surface area contributed by atoms with Crippen LogP contribution in [0.3, 0.4) is 0 Å². The molecule has 1 aromatic carbocycles. The second kappa shape index (κ2) is 6.85. The molecule has 19 heavy (non-hydrogen) atoms. The number of para-hydroxylation sites is 1. The van der Waals surface area contributed by atoms with Crippen molar-refractivity contribution in [3.05, 3.63) is 42.1 Å². The zero-order valence-electron chi connectivity index (χ0n) is 11.1. The number of carbonyl (C=O) groups excluding carboxylic acids is 1. The van der Waals surface area contributed by atoms with Crippen LogP contribution in [-0.4, -0.2) is 24.5 Å². The highest BCUT2D eigenvalue weighted by Gasteiger charge is 2.01. The summed E-state index contributed by atoms with van der Waals surface area (Å²) < 4.78 is 0. The Labute approximate surface area is 113 Å². The van der Waals surface area contributed by atoms with Crippen LogP contribution in [0.2, 0.25) is 0 Å². The van der Waals surface area contributed by atoms with E-state index in [-0.39, 0.29) is 5.91 Å². The van der Waals surface area contributed by atoms with E-state index in [1.165, 1.54) is 5.56 Å². The lowest BCUT2D eigenvalue weighted by atomic mass is 10.1. The molecule has 0 saturated heterocycles. The maximum Gasteiger partial charge on any atom is 0.219 e. The fourth-order valence-electron chi connectivity index (χ4n) is 2.03. The minimum atomic E-state index is 0.0913. The van der Waals surface area contributed by atoms with Gasteiger partial charge in [-0.1, -0.05) is 24.3 Å². The van der Waals surface area contributed by atoms with E-state index in [1.807, 2.05) is 18.3 Å². The first kappa shape index (κ1) is 13.5. The van der Waals surface area contributed by atoms with Crippen LogP contribution >= 0.6 is 0 Å². The molecule has 0 fully saturated rings. The van der Waals surface area contributed by atoms with Gasteiger partial charge < -0.3 is 10.6 Å². The highest BCUT2D eigenvalue weighted by Crippen LogP contribution is 2.15. The Morgan fingerprint density at radius 2 is 2.11 bits per heavy atom. The zero-order valence-corrected chi connectivity index (χ0v) is 11.1. The van der Waals surface area contributed by atoms with Gasteiger partial charge in [-0.2, -0.15) is 0 Å². The molecule has 1 amide bonds. The van der Waals surface area contributed by atoms with E-state index in [4.69, 9.17) is 0 Å². The molecule has 2 N–H and O–H groups in total. The summed E-state index contributed by atoms with van der Waals surface area (Å²) in [7, 11) is 1.66. The SMILES string of the molecule is CNC(=O)CCCNCc1cccc2cccnc12. The molecule has 4 heteroatoms. The molecule has 1 heterocycles. The van der Waals surface area contributed by atoms with E-state index in [2.05, 4.69) is 33.8 Å². The second-order valence-electron chi connectivity index (χ2n) is 4.45. The van der Waals surface area contributed by atoms with Gasteiger partial charge in [0.15, 0.2) is 0 Å². The number of nitrogens with zero attached hydrogens (tertiary/aromatic N) is 1. The van der Waals surface area contributed by atoms with Gasteiger partial charge in [0, 0.05) is 31.6 Å². The number of pyridine rings is 1. The van der Waals surface area contributed by atoms with Crippen LogP contribution in [0.25, 0.3) is 10.9 Å². The summed E-state index contributed by atoms with van der Waals surface area (Å²) in [6.45, 7) is 1.61. The first-order chi connectivity index (χ1) is 9.31. The topological polar surface area (TPSA) is 54.0 Å². The Kier molecular flexibility index (Phi) is 4.86. The van der Waals surface area contributed by atoms with E-state index in [0.29, 0.717) is 6.42 Å². The lowest BCUT2D eigenvalue weighted by Crippen LogP contribution is -2.21. The average molecular weight is 257 g/mol.